The molecule has 0 spiro atoms. The highest BCUT2D eigenvalue weighted by atomic mass is 28.3. The van der Waals surface area contributed by atoms with Crippen LogP contribution >= 0.6 is 0 Å². The normalized spacial score (nSPS) is 17.4. The fourth-order valence-corrected chi connectivity index (χ4v) is 2.02. The minimum Gasteiger partial charge on any atom is -0.435 e. The van der Waals surface area contributed by atoms with Gasteiger partial charge in [-0.25, -0.2) is 4.39 Å². The summed E-state index contributed by atoms with van der Waals surface area (Å²) in [5, 5.41) is 1.91. The first-order chi connectivity index (χ1) is 7.65. The molecule has 0 radical (unpaired) electrons. The first-order valence-electron chi connectivity index (χ1n) is 5.37. The highest BCUT2D eigenvalue weighted by Gasteiger charge is 2.60. The molecule has 8 heteroatoms. The lowest BCUT2D eigenvalue weighted by Gasteiger charge is -2.25. The van der Waals surface area contributed by atoms with Gasteiger partial charge in [-0.1, -0.05) is 6.92 Å². The van der Waals surface area contributed by atoms with Crippen LogP contribution in [0.2, 0.25) is 12.6 Å². The molecular formula is C9H17F4NO2Si. The van der Waals surface area contributed by atoms with Gasteiger partial charge in [0, 0.05) is 6.54 Å². The molecule has 0 saturated carbocycles. The van der Waals surface area contributed by atoms with Crippen molar-refractivity contribution in [3.8, 4) is 0 Å². The van der Waals surface area contributed by atoms with Gasteiger partial charge in [0.15, 0.2) is 9.04 Å². The summed E-state index contributed by atoms with van der Waals surface area (Å²) in [5.74, 6) is -1.65. The van der Waals surface area contributed by atoms with Crippen molar-refractivity contribution in [3.05, 3.63) is 0 Å². The summed E-state index contributed by atoms with van der Waals surface area (Å²) >= 11 is 0. The summed E-state index contributed by atoms with van der Waals surface area (Å²) in [6.07, 6.45) is -5.80. The summed E-state index contributed by atoms with van der Waals surface area (Å²) in [5.41, 5.74) is -3.82. The minimum atomic E-state index is -5.20. The number of halogens is 4. The van der Waals surface area contributed by atoms with Crippen molar-refractivity contribution in [3.63, 3.8) is 0 Å². The molecule has 0 aromatic heterocycles. The van der Waals surface area contributed by atoms with E-state index >= 15 is 0 Å². The van der Waals surface area contributed by atoms with Crippen LogP contribution in [-0.4, -0.2) is 38.1 Å². The van der Waals surface area contributed by atoms with Gasteiger partial charge in [0.1, 0.15) is 0 Å². The SMILES string of the molecule is CCC(F)(C(=O)NCCC[SiH](C)O)C(F)(F)F. The first-order valence-corrected chi connectivity index (χ1v) is 7.86. The Morgan fingerprint density at radius 3 is 2.24 bits per heavy atom. The second kappa shape index (κ2) is 6.34. The molecule has 0 aromatic carbocycles. The fourth-order valence-electron chi connectivity index (χ4n) is 1.23. The average molecular weight is 275 g/mol. The molecule has 0 rings (SSSR count). The predicted octanol–water partition coefficient (Wildman–Crippen LogP) is 1.52. The molecule has 3 nitrogen and oxygen atoms in total. The molecule has 2 unspecified atom stereocenters. The van der Waals surface area contributed by atoms with E-state index in [1.807, 2.05) is 5.32 Å². The Morgan fingerprint density at radius 1 is 1.35 bits per heavy atom. The van der Waals surface area contributed by atoms with Crippen LogP contribution in [0.3, 0.4) is 0 Å². The highest BCUT2D eigenvalue weighted by molar-refractivity contribution is 6.48. The maximum atomic E-state index is 13.4. The maximum Gasteiger partial charge on any atom is 0.431 e. The molecule has 0 aliphatic carbocycles. The lowest BCUT2D eigenvalue weighted by Crippen LogP contribution is -2.53. The fraction of sp³-hybridized carbons (Fsp3) is 0.889. The van der Waals surface area contributed by atoms with E-state index in [1.54, 1.807) is 6.55 Å². The molecule has 0 saturated heterocycles. The smallest absolute Gasteiger partial charge is 0.431 e. The van der Waals surface area contributed by atoms with Crippen molar-refractivity contribution < 1.29 is 27.2 Å². The summed E-state index contributed by atoms with van der Waals surface area (Å²) in [4.78, 5) is 20.2. The van der Waals surface area contributed by atoms with E-state index < -0.39 is 33.2 Å². The standard InChI is InChI=1S/C9H17F4NO2Si/c1-3-8(10,9(11,12)13)7(15)14-5-4-6-17(2)16/h16-17H,3-6H2,1-2H3,(H,14,15). The van der Waals surface area contributed by atoms with Gasteiger partial charge < -0.3 is 10.1 Å². The van der Waals surface area contributed by atoms with Crippen LogP contribution in [0.5, 0.6) is 0 Å². The monoisotopic (exact) mass is 275 g/mol. The number of nitrogens with one attached hydrogen (secondary N) is 1. The summed E-state index contributed by atoms with van der Waals surface area (Å²) < 4.78 is 50.4. The zero-order valence-electron chi connectivity index (χ0n) is 9.77. The van der Waals surface area contributed by atoms with Gasteiger partial charge in [0.05, 0.1) is 0 Å². The molecule has 0 heterocycles. The van der Waals surface area contributed by atoms with Crippen molar-refractivity contribution in [2.75, 3.05) is 6.54 Å². The van der Waals surface area contributed by atoms with Crippen molar-refractivity contribution in [2.24, 2.45) is 0 Å². The molecule has 102 valence electrons. The van der Waals surface area contributed by atoms with Gasteiger partial charge in [-0.15, -0.1) is 0 Å². The number of rotatable bonds is 6. The number of hydrogen-bond donors (Lipinski definition) is 2. The average Bonchev–Trinajstić information content (AvgIpc) is 2.20. The topological polar surface area (TPSA) is 49.3 Å². The second-order valence-corrected chi connectivity index (χ2v) is 6.18. The van der Waals surface area contributed by atoms with Gasteiger partial charge in [-0.3, -0.25) is 4.79 Å². The van der Waals surface area contributed by atoms with Crippen LogP contribution in [0.1, 0.15) is 19.8 Å². The largest absolute Gasteiger partial charge is 0.435 e. The molecule has 17 heavy (non-hydrogen) atoms. The molecule has 2 N–H and O–H groups in total. The molecule has 2 atom stereocenters. The van der Waals surface area contributed by atoms with Crippen molar-refractivity contribution in [1.29, 1.82) is 0 Å². The van der Waals surface area contributed by atoms with Gasteiger partial charge in [0.25, 0.3) is 11.6 Å². The van der Waals surface area contributed by atoms with Crippen LogP contribution in [0.25, 0.3) is 0 Å². The third-order valence-electron chi connectivity index (χ3n) is 2.38. The number of amides is 1. The van der Waals surface area contributed by atoms with Crippen LogP contribution in [0.15, 0.2) is 0 Å². The number of hydrogen-bond acceptors (Lipinski definition) is 2. The van der Waals surface area contributed by atoms with Crippen LogP contribution in [0.4, 0.5) is 17.6 Å². The Balaban J connectivity index is 4.29. The van der Waals surface area contributed by atoms with E-state index in [0.29, 0.717) is 12.5 Å². The van der Waals surface area contributed by atoms with Crippen molar-refractivity contribution in [1.82, 2.24) is 5.32 Å². The Labute approximate surface area is 98.9 Å². The molecule has 0 aliphatic rings. The van der Waals surface area contributed by atoms with Crippen LogP contribution < -0.4 is 5.32 Å². The first kappa shape index (κ1) is 16.4. The molecule has 1 amide bonds. The minimum absolute atomic E-state index is 0.0571. The Kier molecular flexibility index (Phi) is 6.10. The predicted molar refractivity (Wildman–Crippen MR) is 57.9 cm³/mol. The lowest BCUT2D eigenvalue weighted by atomic mass is 10.0. The zero-order chi connectivity index (χ0) is 13.7. The molecule has 0 bridgehead atoms. The molecule has 0 aromatic rings. The van der Waals surface area contributed by atoms with Gasteiger partial charge in [0.2, 0.25) is 0 Å². The second-order valence-electron chi connectivity index (χ2n) is 3.90. The zero-order valence-corrected chi connectivity index (χ0v) is 10.9. The maximum absolute atomic E-state index is 13.4. The summed E-state index contributed by atoms with van der Waals surface area (Å²) in [7, 11) is -1.78. The quantitative estimate of drug-likeness (QED) is 0.439. The highest BCUT2D eigenvalue weighted by Crippen LogP contribution is 2.36. The van der Waals surface area contributed by atoms with E-state index in [1.165, 1.54) is 0 Å². The third kappa shape index (κ3) is 4.62. The van der Waals surface area contributed by atoms with E-state index in [0.717, 1.165) is 6.92 Å². The van der Waals surface area contributed by atoms with Crippen molar-refractivity contribution in [2.45, 2.75) is 44.2 Å². The Bertz CT molecular complexity index is 260. The Hall–Kier alpha value is -0.633. The number of carbonyl (C=O) groups is 1. The molecule has 0 fully saturated rings. The van der Waals surface area contributed by atoms with E-state index in [-0.39, 0.29) is 6.54 Å². The van der Waals surface area contributed by atoms with Crippen LogP contribution in [0, 0.1) is 0 Å². The lowest BCUT2D eigenvalue weighted by molar-refractivity contribution is -0.227. The molecular weight excluding hydrogens is 258 g/mol. The van der Waals surface area contributed by atoms with Gasteiger partial charge >= 0.3 is 6.18 Å². The number of alkyl halides is 4. The van der Waals surface area contributed by atoms with E-state index in [9.17, 15) is 22.4 Å². The van der Waals surface area contributed by atoms with Gasteiger partial charge in [-0.2, -0.15) is 13.2 Å². The van der Waals surface area contributed by atoms with Crippen LogP contribution in [-0.2, 0) is 4.79 Å². The van der Waals surface area contributed by atoms with E-state index in [4.69, 9.17) is 4.80 Å². The third-order valence-corrected chi connectivity index (χ3v) is 3.62. The van der Waals surface area contributed by atoms with E-state index in [2.05, 4.69) is 0 Å². The summed E-state index contributed by atoms with van der Waals surface area (Å²) in [6, 6.07) is 0.470. The van der Waals surface area contributed by atoms with Gasteiger partial charge in [-0.05, 0) is 25.4 Å². The summed E-state index contributed by atoms with van der Waals surface area (Å²) in [6.45, 7) is 2.57. The Morgan fingerprint density at radius 2 is 1.88 bits per heavy atom. The molecule has 0 aliphatic heterocycles. The number of carbonyl (C=O) groups excluding carboxylic acids is 1. The van der Waals surface area contributed by atoms with Crippen molar-refractivity contribution >= 4 is 14.9 Å².